The predicted molar refractivity (Wildman–Crippen MR) is 89.2 cm³/mol. The van der Waals surface area contributed by atoms with Crippen LogP contribution in [0.4, 0.5) is 0 Å². The van der Waals surface area contributed by atoms with E-state index < -0.39 is 0 Å². The lowest BCUT2D eigenvalue weighted by Crippen LogP contribution is -2.35. The van der Waals surface area contributed by atoms with Gasteiger partial charge < -0.3 is 14.8 Å². The van der Waals surface area contributed by atoms with Crippen LogP contribution in [0.3, 0.4) is 0 Å². The van der Waals surface area contributed by atoms with E-state index in [0.717, 1.165) is 31.7 Å². The average molecular weight is 293 g/mol. The maximum atomic E-state index is 6.02. The van der Waals surface area contributed by atoms with Crippen LogP contribution in [0.25, 0.3) is 0 Å². The zero-order chi connectivity index (χ0) is 15.7. The minimum absolute atomic E-state index is 0.0478. The molecule has 0 aliphatic rings. The van der Waals surface area contributed by atoms with Crippen LogP contribution >= 0.6 is 0 Å². The quantitative estimate of drug-likeness (QED) is 0.666. The molecule has 3 nitrogen and oxygen atoms in total. The Hall–Kier alpha value is -1.06. The fourth-order valence-corrected chi connectivity index (χ4v) is 2.14. The van der Waals surface area contributed by atoms with Crippen molar-refractivity contribution >= 4 is 0 Å². The number of hydrogen-bond donors (Lipinski definition) is 1. The Morgan fingerprint density at radius 1 is 1.14 bits per heavy atom. The van der Waals surface area contributed by atoms with Gasteiger partial charge in [0.2, 0.25) is 0 Å². The van der Waals surface area contributed by atoms with Crippen LogP contribution in [0.2, 0.25) is 0 Å². The molecule has 1 atom stereocenters. The van der Waals surface area contributed by atoms with Crippen LogP contribution in [-0.2, 0) is 10.2 Å². The van der Waals surface area contributed by atoms with Gasteiger partial charge in [0.25, 0.3) is 0 Å². The number of methoxy groups -OCH3 is 1. The number of hydrogen-bond acceptors (Lipinski definition) is 3. The van der Waals surface area contributed by atoms with E-state index in [1.54, 1.807) is 7.11 Å². The fraction of sp³-hybridized carbons (Fsp3) is 0.667. The first-order valence-corrected chi connectivity index (χ1v) is 8.00. The highest BCUT2D eigenvalue weighted by Gasteiger charge is 2.18. The van der Waals surface area contributed by atoms with Crippen molar-refractivity contribution in [2.45, 2.75) is 52.1 Å². The SMILES string of the molecule is CCCNCC(COC)Oc1ccc(C(C)(C)CC)cc1. The van der Waals surface area contributed by atoms with Crippen molar-refractivity contribution in [2.75, 3.05) is 26.8 Å². The second-order valence-electron chi connectivity index (χ2n) is 6.16. The first-order valence-electron chi connectivity index (χ1n) is 8.00. The molecule has 1 aromatic carbocycles. The van der Waals surface area contributed by atoms with Crippen molar-refractivity contribution in [1.82, 2.24) is 5.32 Å². The van der Waals surface area contributed by atoms with E-state index >= 15 is 0 Å². The number of rotatable bonds is 10. The third-order valence-electron chi connectivity index (χ3n) is 3.97. The van der Waals surface area contributed by atoms with Gasteiger partial charge in [0.15, 0.2) is 0 Å². The summed E-state index contributed by atoms with van der Waals surface area (Å²) in [5.41, 5.74) is 1.57. The van der Waals surface area contributed by atoms with Gasteiger partial charge in [0.1, 0.15) is 11.9 Å². The molecule has 0 aliphatic carbocycles. The molecule has 0 aromatic heterocycles. The van der Waals surface area contributed by atoms with E-state index in [1.165, 1.54) is 5.56 Å². The van der Waals surface area contributed by atoms with Gasteiger partial charge >= 0.3 is 0 Å². The van der Waals surface area contributed by atoms with Gasteiger partial charge in [0, 0.05) is 13.7 Å². The van der Waals surface area contributed by atoms with Gasteiger partial charge in [-0.05, 0) is 42.5 Å². The molecular weight excluding hydrogens is 262 g/mol. The smallest absolute Gasteiger partial charge is 0.134 e. The van der Waals surface area contributed by atoms with E-state index in [0.29, 0.717) is 6.61 Å². The van der Waals surface area contributed by atoms with E-state index in [9.17, 15) is 0 Å². The van der Waals surface area contributed by atoms with E-state index in [4.69, 9.17) is 9.47 Å². The lowest BCUT2D eigenvalue weighted by molar-refractivity contribution is 0.0807. The molecule has 0 spiro atoms. The Bertz CT molecular complexity index is 387. The third-order valence-corrected chi connectivity index (χ3v) is 3.97. The number of benzene rings is 1. The topological polar surface area (TPSA) is 30.5 Å². The second kappa shape index (κ2) is 9.06. The Labute approximate surface area is 130 Å². The molecule has 0 aliphatic heterocycles. The summed E-state index contributed by atoms with van der Waals surface area (Å²) in [7, 11) is 1.71. The number of ether oxygens (including phenoxy) is 2. The largest absolute Gasteiger partial charge is 0.487 e. The minimum atomic E-state index is 0.0478. The van der Waals surface area contributed by atoms with Crippen LogP contribution in [0.15, 0.2) is 24.3 Å². The van der Waals surface area contributed by atoms with Crippen molar-refractivity contribution in [1.29, 1.82) is 0 Å². The molecule has 1 rings (SSSR count). The molecule has 0 fully saturated rings. The highest BCUT2D eigenvalue weighted by molar-refractivity contribution is 5.31. The molecule has 0 radical (unpaired) electrons. The highest BCUT2D eigenvalue weighted by atomic mass is 16.5. The van der Waals surface area contributed by atoms with Crippen LogP contribution < -0.4 is 10.1 Å². The zero-order valence-corrected chi connectivity index (χ0v) is 14.2. The first kappa shape index (κ1) is 18.0. The standard InChI is InChI=1S/C18H31NO2/c1-6-12-19-13-17(14-20-5)21-16-10-8-15(9-11-16)18(3,4)7-2/h8-11,17,19H,6-7,12-14H2,1-5H3. The van der Waals surface area contributed by atoms with Gasteiger partial charge in [-0.3, -0.25) is 0 Å². The Morgan fingerprint density at radius 2 is 1.81 bits per heavy atom. The van der Waals surface area contributed by atoms with Crippen LogP contribution in [0.1, 0.15) is 46.1 Å². The van der Waals surface area contributed by atoms with Crippen molar-refractivity contribution in [2.24, 2.45) is 0 Å². The first-order chi connectivity index (χ1) is 10.0. The van der Waals surface area contributed by atoms with E-state index in [2.05, 4.69) is 57.3 Å². The van der Waals surface area contributed by atoms with Crippen LogP contribution in [-0.4, -0.2) is 32.9 Å². The maximum absolute atomic E-state index is 6.02. The lowest BCUT2D eigenvalue weighted by Gasteiger charge is -2.24. The lowest BCUT2D eigenvalue weighted by atomic mass is 9.82. The number of nitrogens with one attached hydrogen (secondary N) is 1. The summed E-state index contributed by atoms with van der Waals surface area (Å²) in [6.45, 7) is 11.3. The fourth-order valence-electron chi connectivity index (χ4n) is 2.14. The maximum Gasteiger partial charge on any atom is 0.134 e. The molecule has 1 unspecified atom stereocenters. The third kappa shape index (κ3) is 6.06. The van der Waals surface area contributed by atoms with Crippen molar-refractivity contribution < 1.29 is 9.47 Å². The van der Waals surface area contributed by atoms with Crippen molar-refractivity contribution in [3.8, 4) is 5.75 Å². The molecule has 0 amide bonds. The summed E-state index contributed by atoms with van der Waals surface area (Å²) >= 11 is 0. The molecule has 1 aromatic rings. The van der Waals surface area contributed by atoms with Crippen molar-refractivity contribution in [3.05, 3.63) is 29.8 Å². The van der Waals surface area contributed by atoms with Crippen molar-refractivity contribution in [3.63, 3.8) is 0 Å². The zero-order valence-electron chi connectivity index (χ0n) is 14.2. The van der Waals surface area contributed by atoms with Crippen LogP contribution in [0.5, 0.6) is 5.75 Å². The molecule has 0 saturated heterocycles. The Kier molecular flexibility index (Phi) is 7.76. The van der Waals surface area contributed by atoms with E-state index in [1.807, 2.05) is 0 Å². The van der Waals surface area contributed by atoms with Gasteiger partial charge in [-0.25, -0.2) is 0 Å². The molecule has 120 valence electrons. The monoisotopic (exact) mass is 293 g/mol. The highest BCUT2D eigenvalue weighted by Crippen LogP contribution is 2.28. The molecule has 0 saturated carbocycles. The van der Waals surface area contributed by atoms with Gasteiger partial charge in [0.05, 0.1) is 6.61 Å². The molecule has 21 heavy (non-hydrogen) atoms. The van der Waals surface area contributed by atoms with Gasteiger partial charge in [-0.2, -0.15) is 0 Å². The summed E-state index contributed by atoms with van der Waals surface area (Å²) in [4.78, 5) is 0. The Morgan fingerprint density at radius 3 is 2.33 bits per heavy atom. The molecule has 0 bridgehead atoms. The summed E-state index contributed by atoms with van der Waals surface area (Å²) < 4.78 is 11.3. The van der Waals surface area contributed by atoms with Crippen LogP contribution in [0, 0.1) is 0 Å². The van der Waals surface area contributed by atoms with E-state index in [-0.39, 0.29) is 11.5 Å². The molecule has 1 N–H and O–H groups in total. The molecular formula is C18H31NO2. The summed E-state index contributed by atoms with van der Waals surface area (Å²) in [5, 5.41) is 3.38. The summed E-state index contributed by atoms with van der Waals surface area (Å²) in [5.74, 6) is 0.908. The Balaban J connectivity index is 2.63. The predicted octanol–water partition coefficient (Wildman–Crippen LogP) is 3.77. The average Bonchev–Trinajstić information content (AvgIpc) is 2.48. The minimum Gasteiger partial charge on any atom is -0.487 e. The molecule has 3 heteroatoms. The summed E-state index contributed by atoms with van der Waals surface area (Å²) in [6.07, 6.45) is 2.30. The normalized spacial score (nSPS) is 13.2. The van der Waals surface area contributed by atoms with Gasteiger partial charge in [-0.1, -0.05) is 39.8 Å². The van der Waals surface area contributed by atoms with Gasteiger partial charge in [-0.15, -0.1) is 0 Å². The molecule has 0 heterocycles. The summed E-state index contributed by atoms with van der Waals surface area (Å²) in [6, 6.07) is 8.47. The second-order valence-corrected chi connectivity index (χ2v) is 6.16.